The molecule has 0 saturated heterocycles. The van der Waals surface area contributed by atoms with Crippen molar-refractivity contribution in [3.05, 3.63) is 52.7 Å². The summed E-state index contributed by atoms with van der Waals surface area (Å²) in [6.07, 6.45) is 1.39. The van der Waals surface area contributed by atoms with Crippen molar-refractivity contribution in [1.82, 2.24) is 4.98 Å². The summed E-state index contributed by atoms with van der Waals surface area (Å²) in [5.41, 5.74) is 6.90. The van der Waals surface area contributed by atoms with E-state index in [-0.39, 0.29) is 11.4 Å². The predicted molar refractivity (Wildman–Crippen MR) is 60.7 cm³/mol. The van der Waals surface area contributed by atoms with Crippen molar-refractivity contribution in [1.29, 1.82) is 0 Å². The number of hydrogen-bond donors (Lipinski definition) is 1. The summed E-state index contributed by atoms with van der Waals surface area (Å²) in [6.45, 7) is 0. The van der Waals surface area contributed by atoms with Gasteiger partial charge in [-0.1, -0.05) is 30.3 Å². The molecule has 0 spiro atoms. The van der Waals surface area contributed by atoms with Crippen LogP contribution < -0.4 is 5.73 Å². The molecule has 80 valence electrons. The van der Waals surface area contributed by atoms with Crippen LogP contribution in [0.3, 0.4) is 0 Å². The van der Waals surface area contributed by atoms with E-state index >= 15 is 0 Å². The van der Waals surface area contributed by atoms with Crippen LogP contribution in [0.15, 0.2) is 42.6 Å². The fourth-order valence-corrected chi connectivity index (χ4v) is 1.45. The number of aromatic nitrogens is 1. The number of hydrogen-bond acceptors (Lipinski definition) is 4. The number of rotatable bonds is 2. The highest BCUT2D eigenvalue weighted by Gasteiger charge is 2.16. The van der Waals surface area contributed by atoms with Gasteiger partial charge in [0.1, 0.15) is 11.4 Å². The first-order valence-corrected chi connectivity index (χ1v) is 4.64. The third-order valence-corrected chi connectivity index (χ3v) is 2.21. The van der Waals surface area contributed by atoms with Gasteiger partial charge in [-0.25, -0.2) is 0 Å². The minimum absolute atomic E-state index is 0.0960. The van der Waals surface area contributed by atoms with E-state index in [9.17, 15) is 10.1 Å². The van der Waals surface area contributed by atoms with E-state index in [0.717, 1.165) is 5.56 Å². The molecular weight excluding hydrogens is 206 g/mol. The molecule has 1 aromatic heterocycles. The highest BCUT2D eigenvalue weighted by Crippen LogP contribution is 2.30. The zero-order chi connectivity index (χ0) is 11.5. The molecule has 0 aliphatic rings. The lowest BCUT2D eigenvalue weighted by molar-refractivity contribution is -0.383. The van der Waals surface area contributed by atoms with Crippen molar-refractivity contribution in [3.8, 4) is 11.3 Å². The van der Waals surface area contributed by atoms with Gasteiger partial charge in [0.15, 0.2) is 0 Å². The minimum Gasteiger partial charge on any atom is -0.391 e. The molecule has 0 atom stereocenters. The molecule has 2 aromatic rings. The van der Waals surface area contributed by atoms with Gasteiger partial charge in [-0.15, -0.1) is 0 Å². The number of nitro groups is 1. The quantitative estimate of drug-likeness (QED) is 0.615. The van der Waals surface area contributed by atoms with Crippen LogP contribution in [0, 0.1) is 10.1 Å². The number of anilines is 1. The average Bonchev–Trinajstić information content (AvgIpc) is 2.30. The molecule has 0 aliphatic carbocycles. The first-order chi connectivity index (χ1) is 7.70. The van der Waals surface area contributed by atoms with Crippen molar-refractivity contribution in [2.24, 2.45) is 0 Å². The Labute approximate surface area is 91.7 Å². The van der Waals surface area contributed by atoms with Crippen molar-refractivity contribution >= 4 is 11.4 Å². The zero-order valence-electron chi connectivity index (χ0n) is 8.33. The summed E-state index contributed by atoms with van der Waals surface area (Å²) >= 11 is 0. The Bertz CT molecular complexity index is 526. The van der Waals surface area contributed by atoms with E-state index in [4.69, 9.17) is 5.73 Å². The Morgan fingerprint density at radius 2 is 1.88 bits per heavy atom. The van der Waals surface area contributed by atoms with Crippen molar-refractivity contribution < 1.29 is 4.92 Å². The van der Waals surface area contributed by atoms with E-state index in [2.05, 4.69) is 4.98 Å². The van der Waals surface area contributed by atoms with Crippen LogP contribution in [0.25, 0.3) is 11.3 Å². The van der Waals surface area contributed by atoms with Crippen molar-refractivity contribution in [2.75, 3.05) is 5.73 Å². The molecule has 1 aromatic carbocycles. The van der Waals surface area contributed by atoms with Gasteiger partial charge in [-0.2, -0.15) is 0 Å². The van der Waals surface area contributed by atoms with Gasteiger partial charge in [0.05, 0.1) is 4.92 Å². The summed E-state index contributed by atoms with van der Waals surface area (Å²) in [5.74, 6) is 0. The Kier molecular flexibility index (Phi) is 2.51. The first kappa shape index (κ1) is 10.1. The van der Waals surface area contributed by atoms with E-state index in [1.165, 1.54) is 12.3 Å². The average molecular weight is 215 g/mol. The van der Waals surface area contributed by atoms with E-state index < -0.39 is 4.92 Å². The normalized spacial score (nSPS) is 10.0. The van der Waals surface area contributed by atoms with E-state index in [0.29, 0.717) is 5.69 Å². The van der Waals surface area contributed by atoms with Gasteiger partial charge in [0, 0.05) is 17.8 Å². The molecular formula is C11H9N3O2. The summed E-state index contributed by atoms with van der Waals surface area (Å²) in [7, 11) is 0. The maximum absolute atomic E-state index is 10.7. The second kappa shape index (κ2) is 3.98. The number of benzene rings is 1. The topological polar surface area (TPSA) is 82.0 Å². The smallest absolute Gasteiger partial charge is 0.295 e. The summed E-state index contributed by atoms with van der Waals surface area (Å²) in [4.78, 5) is 14.3. The van der Waals surface area contributed by atoms with Crippen molar-refractivity contribution in [3.63, 3.8) is 0 Å². The lowest BCUT2D eigenvalue weighted by Gasteiger charge is -2.04. The first-order valence-electron chi connectivity index (χ1n) is 4.64. The SMILES string of the molecule is Nc1c([N+](=O)[O-])ccnc1-c1ccccc1. The number of nitrogen functional groups attached to an aromatic ring is 1. The number of nitrogens with two attached hydrogens (primary N) is 1. The molecule has 2 rings (SSSR count). The van der Waals surface area contributed by atoms with Crippen LogP contribution in [0.4, 0.5) is 11.4 Å². The number of pyridine rings is 1. The molecule has 5 heteroatoms. The van der Waals surface area contributed by atoms with Crippen molar-refractivity contribution in [2.45, 2.75) is 0 Å². The van der Waals surface area contributed by atoms with Crippen LogP contribution in [-0.4, -0.2) is 9.91 Å². The third-order valence-electron chi connectivity index (χ3n) is 2.21. The molecule has 5 nitrogen and oxygen atoms in total. The molecule has 2 N–H and O–H groups in total. The molecule has 0 unspecified atom stereocenters. The lowest BCUT2D eigenvalue weighted by Crippen LogP contribution is -1.99. The fourth-order valence-electron chi connectivity index (χ4n) is 1.45. The van der Waals surface area contributed by atoms with Gasteiger partial charge in [-0.05, 0) is 0 Å². The monoisotopic (exact) mass is 215 g/mol. The summed E-state index contributed by atoms with van der Waals surface area (Å²) in [5, 5.41) is 10.7. The number of nitrogens with zero attached hydrogens (tertiary/aromatic N) is 2. The molecule has 1 heterocycles. The Balaban J connectivity index is 2.59. The largest absolute Gasteiger partial charge is 0.391 e. The predicted octanol–water partition coefficient (Wildman–Crippen LogP) is 2.24. The third kappa shape index (κ3) is 1.70. The van der Waals surface area contributed by atoms with Crippen LogP contribution >= 0.6 is 0 Å². The van der Waals surface area contributed by atoms with Crippen LogP contribution in [0.1, 0.15) is 0 Å². The van der Waals surface area contributed by atoms with E-state index in [1.54, 1.807) is 0 Å². The van der Waals surface area contributed by atoms with Gasteiger partial charge in [-0.3, -0.25) is 15.1 Å². The Morgan fingerprint density at radius 3 is 2.50 bits per heavy atom. The van der Waals surface area contributed by atoms with Crippen LogP contribution in [-0.2, 0) is 0 Å². The maximum atomic E-state index is 10.7. The molecule has 0 amide bonds. The van der Waals surface area contributed by atoms with Gasteiger partial charge >= 0.3 is 0 Å². The molecule has 0 radical (unpaired) electrons. The lowest BCUT2D eigenvalue weighted by atomic mass is 10.1. The summed E-state index contributed by atoms with van der Waals surface area (Å²) < 4.78 is 0. The maximum Gasteiger partial charge on any atom is 0.295 e. The highest BCUT2D eigenvalue weighted by atomic mass is 16.6. The standard InChI is InChI=1S/C11H9N3O2/c12-10-9(14(15)16)6-7-13-11(10)8-4-2-1-3-5-8/h1-7H,12H2. The highest BCUT2D eigenvalue weighted by molar-refractivity contribution is 5.78. The molecule has 0 aliphatic heterocycles. The van der Waals surface area contributed by atoms with Crippen LogP contribution in [0.2, 0.25) is 0 Å². The Hall–Kier alpha value is -2.43. The van der Waals surface area contributed by atoms with Gasteiger partial charge < -0.3 is 5.73 Å². The second-order valence-corrected chi connectivity index (χ2v) is 3.22. The van der Waals surface area contributed by atoms with Crippen LogP contribution in [0.5, 0.6) is 0 Å². The fraction of sp³-hybridized carbons (Fsp3) is 0. The molecule has 16 heavy (non-hydrogen) atoms. The molecule has 0 fully saturated rings. The Morgan fingerprint density at radius 1 is 1.19 bits per heavy atom. The molecule has 0 bridgehead atoms. The molecule has 0 saturated carbocycles. The second-order valence-electron chi connectivity index (χ2n) is 3.22. The minimum atomic E-state index is -0.510. The zero-order valence-corrected chi connectivity index (χ0v) is 8.33. The summed E-state index contributed by atoms with van der Waals surface area (Å²) in [6, 6.07) is 10.4. The van der Waals surface area contributed by atoms with Gasteiger partial charge in [0.2, 0.25) is 0 Å². The van der Waals surface area contributed by atoms with Gasteiger partial charge in [0.25, 0.3) is 5.69 Å². The van der Waals surface area contributed by atoms with E-state index in [1.807, 2.05) is 30.3 Å².